The van der Waals surface area contributed by atoms with Crippen LogP contribution < -0.4 is 5.73 Å². The number of nitrogens with two attached hydrogens (primary N) is 1. The van der Waals surface area contributed by atoms with Gasteiger partial charge in [0, 0.05) is 21.9 Å². The number of thiophene rings is 1. The lowest BCUT2D eigenvalue weighted by Gasteiger charge is -2.12. The van der Waals surface area contributed by atoms with Crippen LogP contribution in [-0.4, -0.2) is 26.4 Å². The fourth-order valence-electron chi connectivity index (χ4n) is 1.86. The van der Waals surface area contributed by atoms with Crippen molar-refractivity contribution in [2.45, 2.75) is 38.4 Å². The fourth-order valence-corrected chi connectivity index (χ4v) is 3.48. The first kappa shape index (κ1) is 15.1. The lowest BCUT2D eigenvalue weighted by molar-refractivity contribution is -0.115. The smallest absolute Gasteiger partial charge is 0.227 e. The average molecular weight is 310 g/mol. The largest absolute Gasteiger partial charge is 0.369 e. The van der Waals surface area contributed by atoms with Crippen molar-refractivity contribution in [3.63, 3.8) is 0 Å². The Morgan fingerprint density at radius 2 is 2.25 bits per heavy atom. The molecule has 0 saturated carbocycles. The summed E-state index contributed by atoms with van der Waals surface area (Å²) in [5.41, 5.74) is 6.27. The highest BCUT2D eigenvalue weighted by atomic mass is 32.2. The molecule has 0 aromatic carbocycles. The third-order valence-corrected chi connectivity index (χ3v) is 4.83. The molecule has 2 rings (SSSR count). The summed E-state index contributed by atoms with van der Waals surface area (Å²) < 4.78 is 2.05. The van der Waals surface area contributed by atoms with Crippen LogP contribution in [0.25, 0.3) is 11.4 Å². The molecule has 0 spiro atoms. The van der Waals surface area contributed by atoms with Gasteiger partial charge in [-0.2, -0.15) is 0 Å². The number of primary amides is 1. The summed E-state index contributed by atoms with van der Waals surface area (Å²) in [4.78, 5) is 12.2. The molecule has 2 aromatic heterocycles. The van der Waals surface area contributed by atoms with Gasteiger partial charge in [-0.1, -0.05) is 18.7 Å². The summed E-state index contributed by atoms with van der Waals surface area (Å²) in [6.07, 6.45) is 1.02. The summed E-state index contributed by atoms with van der Waals surface area (Å²) in [6.45, 7) is 6.29. The van der Waals surface area contributed by atoms with Crippen LogP contribution in [0, 0.1) is 0 Å². The van der Waals surface area contributed by atoms with Crippen LogP contribution >= 0.6 is 23.1 Å². The highest BCUT2D eigenvalue weighted by molar-refractivity contribution is 7.99. The molecule has 0 saturated heterocycles. The average Bonchev–Trinajstić information content (AvgIpc) is 3.02. The molecular weight excluding hydrogens is 292 g/mol. The van der Waals surface area contributed by atoms with Crippen molar-refractivity contribution < 1.29 is 4.79 Å². The van der Waals surface area contributed by atoms with E-state index in [1.807, 2.05) is 0 Å². The Balaban J connectivity index is 2.35. The molecule has 0 aliphatic heterocycles. The molecule has 2 N–H and O–H groups in total. The number of thioether (sulfide) groups is 1. The number of aromatic nitrogens is 3. The Morgan fingerprint density at radius 3 is 2.80 bits per heavy atom. The van der Waals surface area contributed by atoms with Crippen LogP contribution in [-0.2, 0) is 11.2 Å². The SMILES string of the molecule is CCc1cc(-c2nnc(SCC(N)=O)n2C(C)C)cs1. The van der Waals surface area contributed by atoms with Gasteiger partial charge in [-0.15, -0.1) is 21.5 Å². The lowest BCUT2D eigenvalue weighted by atomic mass is 10.2. The molecule has 5 nitrogen and oxygen atoms in total. The van der Waals surface area contributed by atoms with E-state index in [0.29, 0.717) is 0 Å². The first-order chi connectivity index (χ1) is 9.52. The summed E-state index contributed by atoms with van der Waals surface area (Å²) >= 11 is 3.06. The predicted octanol–water partition coefficient (Wildman–Crippen LogP) is 2.73. The van der Waals surface area contributed by atoms with E-state index in [2.05, 4.69) is 47.0 Å². The van der Waals surface area contributed by atoms with E-state index in [-0.39, 0.29) is 17.7 Å². The third kappa shape index (κ3) is 3.21. The summed E-state index contributed by atoms with van der Waals surface area (Å²) in [5.74, 6) is 0.718. The Morgan fingerprint density at radius 1 is 1.50 bits per heavy atom. The molecule has 0 aliphatic rings. The van der Waals surface area contributed by atoms with Gasteiger partial charge in [0.2, 0.25) is 5.91 Å². The van der Waals surface area contributed by atoms with Gasteiger partial charge in [0.1, 0.15) is 0 Å². The van der Waals surface area contributed by atoms with Crippen LogP contribution in [0.2, 0.25) is 0 Å². The second-order valence-electron chi connectivity index (χ2n) is 4.68. The molecule has 0 fully saturated rings. The Labute approximate surface area is 126 Å². The molecule has 0 unspecified atom stereocenters. The van der Waals surface area contributed by atoms with E-state index >= 15 is 0 Å². The summed E-state index contributed by atoms with van der Waals surface area (Å²) in [5, 5.41) is 11.3. The normalized spacial score (nSPS) is 11.2. The number of hydrogen-bond donors (Lipinski definition) is 1. The summed E-state index contributed by atoms with van der Waals surface area (Å²) in [6, 6.07) is 2.37. The van der Waals surface area contributed by atoms with Gasteiger partial charge in [-0.05, 0) is 26.3 Å². The van der Waals surface area contributed by atoms with E-state index in [9.17, 15) is 4.79 Å². The fraction of sp³-hybridized carbons (Fsp3) is 0.462. The van der Waals surface area contributed by atoms with Gasteiger partial charge in [0.15, 0.2) is 11.0 Å². The van der Waals surface area contributed by atoms with E-state index in [1.165, 1.54) is 16.6 Å². The van der Waals surface area contributed by atoms with E-state index in [4.69, 9.17) is 5.73 Å². The number of rotatable bonds is 6. The zero-order valence-electron chi connectivity index (χ0n) is 11.8. The number of amides is 1. The lowest BCUT2D eigenvalue weighted by Crippen LogP contribution is -2.14. The van der Waals surface area contributed by atoms with E-state index in [0.717, 1.165) is 23.0 Å². The van der Waals surface area contributed by atoms with Crippen molar-refractivity contribution >= 4 is 29.0 Å². The monoisotopic (exact) mass is 310 g/mol. The number of carbonyl (C=O) groups is 1. The van der Waals surface area contributed by atoms with Gasteiger partial charge >= 0.3 is 0 Å². The minimum absolute atomic E-state index is 0.217. The Kier molecular flexibility index (Phi) is 4.82. The molecular formula is C13H18N4OS2. The highest BCUT2D eigenvalue weighted by Gasteiger charge is 2.18. The van der Waals surface area contributed by atoms with E-state index < -0.39 is 0 Å². The van der Waals surface area contributed by atoms with Gasteiger partial charge in [-0.25, -0.2) is 0 Å². The molecule has 20 heavy (non-hydrogen) atoms. The number of aryl methyl sites for hydroxylation is 1. The minimum Gasteiger partial charge on any atom is -0.369 e. The van der Waals surface area contributed by atoms with Crippen LogP contribution in [0.5, 0.6) is 0 Å². The molecule has 0 atom stereocenters. The van der Waals surface area contributed by atoms with Gasteiger partial charge in [0.25, 0.3) is 0 Å². The van der Waals surface area contributed by atoms with Crippen LogP contribution in [0.3, 0.4) is 0 Å². The zero-order chi connectivity index (χ0) is 14.7. The standard InChI is InChI=1S/C13H18N4OS2/c1-4-10-5-9(6-19-10)12-15-16-13(17(12)8(2)3)20-7-11(14)18/h5-6,8H,4,7H2,1-3H3,(H2,14,18). The van der Waals surface area contributed by atoms with Crippen LogP contribution in [0.1, 0.15) is 31.7 Å². The summed E-state index contributed by atoms with van der Waals surface area (Å²) in [7, 11) is 0. The van der Waals surface area contributed by atoms with Gasteiger partial charge in [0.05, 0.1) is 5.75 Å². The van der Waals surface area contributed by atoms with Crippen molar-refractivity contribution in [1.82, 2.24) is 14.8 Å². The quantitative estimate of drug-likeness (QED) is 0.833. The second kappa shape index (κ2) is 6.41. The van der Waals surface area contributed by atoms with Gasteiger partial charge < -0.3 is 5.73 Å². The van der Waals surface area contributed by atoms with Crippen LogP contribution in [0.4, 0.5) is 0 Å². The highest BCUT2D eigenvalue weighted by Crippen LogP contribution is 2.30. The molecule has 0 bridgehead atoms. The predicted molar refractivity (Wildman–Crippen MR) is 83.0 cm³/mol. The molecule has 2 heterocycles. The molecule has 7 heteroatoms. The first-order valence-electron chi connectivity index (χ1n) is 6.46. The van der Waals surface area contributed by atoms with Crippen molar-refractivity contribution in [3.8, 4) is 11.4 Å². The van der Waals surface area contributed by atoms with Crippen molar-refractivity contribution in [2.75, 3.05) is 5.75 Å². The van der Waals surface area contributed by atoms with Crippen LogP contribution in [0.15, 0.2) is 16.6 Å². The third-order valence-electron chi connectivity index (χ3n) is 2.78. The maximum absolute atomic E-state index is 10.9. The number of nitrogens with zero attached hydrogens (tertiary/aromatic N) is 3. The topological polar surface area (TPSA) is 73.8 Å². The molecule has 2 aromatic rings. The number of hydrogen-bond acceptors (Lipinski definition) is 5. The second-order valence-corrected chi connectivity index (χ2v) is 6.62. The van der Waals surface area contributed by atoms with Crippen molar-refractivity contribution in [1.29, 1.82) is 0 Å². The van der Waals surface area contributed by atoms with E-state index in [1.54, 1.807) is 11.3 Å². The Bertz CT molecular complexity index is 603. The number of carbonyl (C=O) groups excluding carboxylic acids is 1. The molecule has 1 amide bonds. The van der Waals surface area contributed by atoms with Crippen molar-refractivity contribution in [3.05, 3.63) is 16.3 Å². The Hall–Kier alpha value is -1.34. The molecule has 108 valence electrons. The molecule has 0 radical (unpaired) electrons. The maximum Gasteiger partial charge on any atom is 0.227 e. The van der Waals surface area contributed by atoms with Gasteiger partial charge in [-0.3, -0.25) is 9.36 Å². The zero-order valence-corrected chi connectivity index (χ0v) is 13.4. The minimum atomic E-state index is -0.348. The van der Waals surface area contributed by atoms with Crippen molar-refractivity contribution in [2.24, 2.45) is 5.73 Å². The maximum atomic E-state index is 10.9. The first-order valence-corrected chi connectivity index (χ1v) is 8.33. The molecule has 0 aliphatic carbocycles.